The Hall–Kier alpha value is -1.13. The lowest BCUT2D eigenvalue weighted by atomic mass is 10.1. The third-order valence-corrected chi connectivity index (χ3v) is 2.58. The van der Waals surface area contributed by atoms with Crippen LogP contribution in [0.2, 0.25) is 0 Å². The van der Waals surface area contributed by atoms with Gasteiger partial charge in [-0.15, -0.1) is 0 Å². The van der Waals surface area contributed by atoms with Gasteiger partial charge in [0.25, 0.3) is 0 Å². The molecule has 18 heavy (non-hydrogen) atoms. The zero-order chi connectivity index (χ0) is 13.4. The molecule has 1 aromatic carbocycles. The van der Waals surface area contributed by atoms with Crippen molar-refractivity contribution in [1.82, 2.24) is 0 Å². The van der Waals surface area contributed by atoms with E-state index in [9.17, 15) is 4.39 Å². The Morgan fingerprint density at radius 1 is 1.22 bits per heavy atom. The van der Waals surface area contributed by atoms with Crippen molar-refractivity contribution in [2.24, 2.45) is 11.7 Å². The van der Waals surface area contributed by atoms with Gasteiger partial charge in [-0.25, -0.2) is 4.39 Å². The number of hydrogen-bond acceptors (Lipinski definition) is 3. The molecule has 2 N–H and O–H groups in total. The van der Waals surface area contributed by atoms with E-state index >= 15 is 0 Å². The molecule has 0 saturated heterocycles. The molecule has 0 aliphatic heterocycles. The molecule has 0 spiro atoms. The number of nitrogens with two attached hydrogens (primary N) is 1. The minimum absolute atomic E-state index is 0.199. The molecule has 0 amide bonds. The Morgan fingerprint density at radius 2 is 2.00 bits per heavy atom. The molecule has 0 unspecified atom stereocenters. The molecule has 0 fully saturated rings. The van der Waals surface area contributed by atoms with E-state index in [-0.39, 0.29) is 12.4 Å². The number of hydrogen-bond donors (Lipinski definition) is 1. The summed E-state index contributed by atoms with van der Waals surface area (Å²) in [6, 6.07) is 4.72. The summed E-state index contributed by atoms with van der Waals surface area (Å²) in [4.78, 5) is 0. The second-order valence-electron chi connectivity index (χ2n) is 4.60. The number of halogens is 1. The van der Waals surface area contributed by atoms with Crippen LogP contribution in [0.3, 0.4) is 0 Å². The zero-order valence-corrected chi connectivity index (χ0v) is 11.1. The molecule has 0 aromatic heterocycles. The largest absolute Gasteiger partial charge is 0.491 e. The normalized spacial score (nSPS) is 10.9. The Labute approximate surface area is 108 Å². The summed E-state index contributed by atoms with van der Waals surface area (Å²) in [5.41, 5.74) is 5.88. The quantitative estimate of drug-likeness (QED) is 0.726. The third-order valence-electron chi connectivity index (χ3n) is 2.58. The van der Waals surface area contributed by atoms with Gasteiger partial charge in [0.1, 0.15) is 18.2 Å². The topological polar surface area (TPSA) is 44.5 Å². The molecule has 0 atom stereocenters. The van der Waals surface area contributed by atoms with E-state index < -0.39 is 0 Å². The van der Waals surface area contributed by atoms with Crippen LogP contribution in [-0.2, 0) is 11.3 Å². The summed E-state index contributed by atoms with van der Waals surface area (Å²) in [6.45, 7) is 6.20. The standard InChI is InChI=1S/C14H22FNO2/c1-11(2)5-6-17-7-8-18-13-4-3-12(10-16)14(15)9-13/h3-4,9,11H,5-8,10,16H2,1-2H3. The minimum atomic E-state index is -0.323. The highest BCUT2D eigenvalue weighted by Crippen LogP contribution is 2.16. The first-order chi connectivity index (χ1) is 8.63. The van der Waals surface area contributed by atoms with Crippen molar-refractivity contribution in [1.29, 1.82) is 0 Å². The van der Waals surface area contributed by atoms with Gasteiger partial charge in [-0.1, -0.05) is 19.9 Å². The van der Waals surface area contributed by atoms with Gasteiger partial charge in [0.2, 0.25) is 0 Å². The van der Waals surface area contributed by atoms with Crippen LogP contribution in [0.25, 0.3) is 0 Å². The highest BCUT2D eigenvalue weighted by atomic mass is 19.1. The van der Waals surface area contributed by atoms with Crippen LogP contribution in [0.1, 0.15) is 25.8 Å². The van der Waals surface area contributed by atoms with Crippen LogP contribution in [-0.4, -0.2) is 19.8 Å². The molecular weight excluding hydrogens is 233 g/mol. The van der Waals surface area contributed by atoms with Gasteiger partial charge in [0.15, 0.2) is 0 Å². The smallest absolute Gasteiger partial charge is 0.131 e. The number of rotatable bonds is 8. The molecule has 0 aliphatic carbocycles. The van der Waals surface area contributed by atoms with Gasteiger partial charge in [0, 0.05) is 24.8 Å². The Balaban J connectivity index is 2.21. The van der Waals surface area contributed by atoms with Crippen molar-refractivity contribution in [2.75, 3.05) is 19.8 Å². The minimum Gasteiger partial charge on any atom is -0.491 e. The summed E-state index contributed by atoms with van der Waals surface area (Å²) in [6.07, 6.45) is 1.04. The van der Waals surface area contributed by atoms with E-state index in [1.165, 1.54) is 6.07 Å². The fraction of sp³-hybridized carbons (Fsp3) is 0.571. The molecule has 0 saturated carbocycles. The van der Waals surface area contributed by atoms with Crippen LogP contribution >= 0.6 is 0 Å². The molecule has 0 aliphatic rings. The predicted molar refractivity (Wildman–Crippen MR) is 70.1 cm³/mol. The SMILES string of the molecule is CC(C)CCOCCOc1ccc(CN)c(F)c1. The van der Waals surface area contributed by atoms with E-state index in [1.54, 1.807) is 12.1 Å². The maximum Gasteiger partial charge on any atom is 0.131 e. The summed E-state index contributed by atoms with van der Waals surface area (Å²) < 4.78 is 24.2. The maximum absolute atomic E-state index is 13.4. The third kappa shape index (κ3) is 5.47. The molecule has 0 radical (unpaired) electrons. The molecule has 0 bridgehead atoms. The number of ether oxygens (including phenoxy) is 2. The van der Waals surface area contributed by atoms with E-state index in [2.05, 4.69) is 13.8 Å². The predicted octanol–water partition coefficient (Wildman–Crippen LogP) is 2.73. The molecule has 4 heteroatoms. The molecule has 3 nitrogen and oxygen atoms in total. The van der Waals surface area contributed by atoms with Crippen LogP contribution in [0.5, 0.6) is 5.75 Å². The van der Waals surface area contributed by atoms with E-state index in [1.807, 2.05) is 0 Å². The number of benzene rings is 1. The molecule has 1 rings (SSSR count). The molecular formula is C14H22FNO2. The van der Waals surface area contributed by atoms with Crippen molar-refractivity contribution < 1.29 is 13.9 Å². The first-order valence-corrected chi connectivity index (χ1v) is 6.32. The van der Waals surface area contributed by atoms with Crippen LogP contribution in [0.4, 0.5) is 4.39 Å². The fourth-order valence-corrected chi connectivity index (χ4v) is 1.42. The van der Waals surface area contributed by atoms with E-state index in [0.29, 0.717) is 30.4 Å². The monoisotopic (exact) mass is 255 g/mol. The molecule has 1 aromatic rings. The lowest BCUT2D eigenvalue weighted by Gasteiger charge is -2.09. The fourth-order valence-electron chi connectivity index (χ4n) is 1.42. The van der Waals surface area contributed by atoms with Gasteiger partial charge in [-0.2, -0.15) is 0 Å². The van der Waals surface area contributed by atoms with Gasteiger partial charge in [-0.05, 0) is 18.4 Å². The maximum atomic E-state index is 13.4. The Bertz CT molecular complexity index is 356. The average molecular weight is 255 g/mol. The molecule has 102 valence electrons. The van der Waals surface area contributed by atoms with Gasteiger partial charge >= 0.3 is 0 Å². The zero-order valence-electron chi connectivity index (χ0n) is 11.1. The summed E-state index contributed by atoms with van der Waals surface area (Å²) >= 11 is 0. The average Bonchev–Trinajstić information content (AvgIpc) is 2.33. The summed E-state index contributed by atoms with van der Waals surface area (Å²) in [5, 5.41) is 0. The lowest BCUT2D eigenvalue weighted by Crippen LogP contribution is -2.09. The lowest BCUT2D eigenvalue weighted by molar-refractivity contribution is 0.0925. The first-order valence-electron chi connectivity index (χ1n) is 6.32. The van der Waals surface area contributed by atoms with Crippen molar-refractivity contribution in [2.45, 2.75) is 26.8 Å². The van der Waals surface area contributed by atoms with Crippen LogP contribution in [0, 0.1) is 11.7 Å². The highest BCUT2D eigenvalue weighted by Gasteiger charge is 2.02. The first kappa shape index (κ1) is 14.9. The van der Waals surface area contributed by atoms with Gasteiger partial charge in [0.05, 0.1) is 6.61 Å². The van der Waals surface area contributed by atoms with Gasteiger partial charge < -0.3 is 15.2 Å². The van der Waals surface area contributed by atoms with Crippen molar-refractivity contribution >= 4 is 0 Å². The van der Waals surface area contributed by atoms with Gasteiger partial charge in [-0.3, -0.25) is 0 Å². The second kappa shape index (κ2) is 8.06. The second-order valence-corrected chi connectivity index (χ2v) is 4.60. The molecule has 0 heterocycles. The van der Waals surface area contributed by atoms with Crippen molar-refractivity contribution in [3.05, 3.63) is 29.6 Å². The van der Waals surface area contributed by atoms with Crippen LogP contribution in [0.15, 0.2) is 18.2 Å². The Kier molecular flexibility index (Phi) is 6.68. The van der Waals surface area contributed by atoms with E-state index in [0.717, 1.165) is 13.0 Å². The van der Waals surface area contributed by atoms with Crippen LogP contribution < -0.4 is 10.5 Å². The van der Waals surface area contributed by atoms with Crippen molar-refractivity contribution in [3.63, 3.8) is 0 Å². The van der Waals surface area contributed by atoms with E-state index in [4.69, 9.17) is 15.2 Å². The highest BCUT2D eigenvalue weighted by molar-refractivity contribution is 5.28. The Morgan fingerprint density at radius 3 is 2.61 bits per heavy atom. The summed E-state index contributed by atoms with van der Waals surface area (Å²) in [7, 11) is 0. The summed E-state index contributed by atoms with van der Waals surface area (Å²) in [5.74, 6) is 0.830. The van der Waals surface area contributed by atoms with Crippen molar-refractivity contribution in [3.8, 4) is 5.75 Å².